The van der Waals surface area contributed by atoms with Crippen molar-refractivity contribution in [2.24, 2.45) is 0 Å². The third-order valence-corrected chi connectivity index (χ3v) is 6.58. The molecule has 3 aromatic rings. The van der Waals surface area contributed by atoms with Crippen LogP contribution in [0.5, 0.6) is 5.75 Å². The second kappa shape index (κ2) is 10.2. The average Bonchev–Trinajstić information content (AvgIpc) is 2.85. The van der Waals surface area contributed by atoms with Gasteiger partial charge in [-0.15, -0.1) is 0 Å². The normalized spacial score (nSPS) is 16.4. The first-order valence-electron chi connectivity index (χ1n) is 12.1. The molecule has 0 spiro atoms. The van der Waals surface area contributed by atoms with Crippen LogP contribution in [0.25, 0.3) is 17.0 Å². The van der Waals surface area contributed by atoms with Gasteiger partial charge in [0.25, 0.3) is 0 Å². The first-order chi connectivity index (χ1) is 16.2. The van der Waals surface area contributed by atoms with E-state index in [4.69, 9.17) is 9.72 Å². The van der Waals surface area contributed by atoms with Gasteiger partial charge in [0.1, 0.15) is 5.75 Å². The minimum Gasteiger partial charge on any atom is -0.494 e. The van der Waals surface area contributed by atoms with E-state index in [1.54, 1.807) is 0 Å². The van der Waals surface area contributed by atoms with Crippen LogP contribution in [0.15, 0.2) is 60.2 Å². The highest BCUT2D eigenvalue weighted by molar-refractivity contribution is 5.94. The van der Waals surface area contributed by atoms with Crippen molar-refractivity contribution in [2.75, 3.05) is 31.6 Å². The summed E-state index contributed by atoms with van der Waals surface area (Å²) in [5.41, 5.74) is 5.73. The van der Waals surface area contributed by atoms with Crippen LogP contribution in [0, 0.1) is 0 Å². The van der Waals surface area contributed by atoms with Gasteiger partial charge in [-0.25, -0.2) is 4.98 Å². The van der Waals surface area contributed by atoms with Gasteiger partial charge >= 0.3 is 0 Å². The number of carbonyl (C=O) groups is 1. The summed E-state index contributed by atoms with van der Waals surface area (Å²) < 4.78 is 5.96. The molecule has 0 saturated carbocycles. The lowest BCUT2D eigenvalue weighted by atomic mass is 10.0. The number of carbonyl (C=O) groups excluding carboxylic acids is 1. The van der Waals surface area contributed by atoms with E-state index in [-0.39, 0.29) is 5.91 Å². The number of nitrogens with one attached hydrogen (secondary N) is 1. The first-order valence-corrected chi connectivity index (χ1v) is 12.1. The van der Waals surface area contributed by atoms with Crippen molar-refractivity contribution in [3.8, 4) is 5.75 Å². The molecule has 5 heteroatoms. The number of anilines is 1. The smallest absolute Gasteiger partial charge is 0.224 e. The van der Waals surface area contributed by atoms with E-state index >= 15 is 0 Å². The molecule has 1 aromatic heterocycles. The molecule has 33 heavy (non-hydrogen) atoms. The van der Waals surface area contributed by atoms with Gasteiger partial charge < -0.3 is 15.0 Å². The van der Waals surface area contributed by atoms with Crippen molar-refractivity contribution in [3.05, 3.63) is 71.4 Å². The third-order valence-electron chi connectivity index (χ3n) is 6.58. The van der Waals surface area contributed by atoms with Gasteiger partial charge in [0.15, 0.2) is 0 Å². The number of fused-ring (bicyclic) bond motifs is 2. The van der Waals surface area contributed by atoms with Crippen LogP contribution in [0.4, 0.5) is 5.69 Å². The molecule has 3 heterocycles. The Morgan fingerprint density at radius 1 is 0.970 bits per heavy atom. The number of para-hydroxylation sites is 1. The number of unbranched alkanes of at least 4 members (excludes halogenated alkanes) is 1. The van der Waals surface area contributed by atoms with Gasteiger partial charge in [0.05, 0.1) is 17.8 Å². The Kier molecular flexibility index (Phi) is 6.68. The molecule has 0 unspecified atom stereocenters. The van der Waals surface area contributed by atoms with Gasteiger partial charge in [-0.3, -0.25) is 4.79 Å². The summed E-state index contributed by atoms with van der Waals surface area (Å²) in [6, 6.07) is 18.5. The fraction of sp³-hybridized carbons (Fsp3) is 0.357. The summed E-state index contributed by atoms with van der Waals surface area (Å²) in [4.78, 5) is 18.8. The average molecular weight is 442 g/mol. The summed E-state index contributed by atoms with van der Waals surface area (Å²) in [6.45, 7) is 4.10. The number of ether oxygens (including phenoxy) is 1. The Morgan fingerprint density at radius 2 is 1.85 bits per heavy atom. The molecule has 5 rings (SSSR count). The van der Waals surface area contributed by atoms with E-state index in [0.29, 0.717) is 6.42 Å². The van der Waals surface area contributed by atoms with Crippen LogP contribution in [0.1, 0.15) is 43.4 Å². The molecule has 0 radical (unpaired) electrons. The second-order valence-corrected chi connectivity index (χ2v) is 9.00. The highest BCUT2D eigenvalue weighted by Crippen LogP contribution is 2.27. The third kappa shape index (κ3) is 5.60. The molecule has 2 aliphatic heterocycles. The monoisotopic (exact) mass is 441 g/mol. The maximum Gasteiger partial charge on any atom is 0.224 e. The molecule has 1 saturated heterocycles. The first kappa shape index (κ1) is 21.7. The topological polar surface area (TPSA) is 54.5 Å². The highest BCUT2D eigenvalue weighted by atomic mass is 16.5. The molecule has 1 N–H and O–H groups in total. The summed E-state index contributed by atoms with van der Waals surface area (Å²) >= 11 is 0. The summed E-state index contributed by atoms with van der Waals surface area (Å²) in [6.07, 6.45) is 8.07. The van der Waals surface area contributed by atoms with Crippen LogP contribution in [-0.4, -0.2) is 42.0 Å². The quantitative estimate of drug-likeness (QED) is 0.495. The van der Waals surface area contributed by atoms with Crippen LogP contribution in [0.2, 0.25) is 0 Å². The van der Waals surface area contributed by atoms with Crippen molar-refractivity contribution in [2.45, 2.75) is 38.5 Å². The molecule has 170 valence electrons. The predicted molar refractivity (Wildman–Crippen MR) is 134 cm³/mol. The van der Waals surface area contributed by atoms with E-state index in [9.17, 15) is 4.79 Å². The number of hydrogen-bond acceptors (Lipinski definition) is 4. The fourth-order valence-electron chi connectivity index (χ4n) is 4.66. The lowest BCUT2D eigenvalue weighted by Gasteiger charge is -2.28. The minimum atomic E-state index is 0.0989. The number of rotatable bonds is 7. The fourth-order valence-corrected chi connectivity index (χ4v) is 4.66. The standard InChI is InChI=1S/C28H31N3O2/c32-28-12-8-23-20-25(10-11-27(23)30-28)33-18-4-3-15-31-16-13-21(14-17-31)19-24-9-7-22-5-1-2-6-26(22)29-24/h1-2,5-7,9-11,19-20H,3-4,8,12-18H2,(H,30,32). The number of hydrogen-bond donors (Lipinski definition) is 1. The van der Waals surface area contributed by atoms with Gasteiger partial charge in [0, 0.05) is 30.6 Å². The Labute approximate surface area is 195 Å². The molecule has 0 aliphatic carbocycles. The van der Waals surface area contributed by atoms with Crippen LogP contribution < -0.4 is 10.1 Å². The van der Waals surface area contributed by atoms with Crippen molar-refractivity contribution in [1.82, 2.24) is 9.88 Å². The van der Waals surface area contributed by atoms with E-state index in [2.05, 4.69) is 52.7 Å². The van der Waals surface area contributed by atoms with Crippen LogP contribution in [-0.2, 0) is 11.2 Å². The van der Waals surface area contributed by atoms with Gasteiger partial charge in [-0.2, -0.15) is 0 Å². The zero-order valence-corrected chi connectivity index (χ0v) is 19.1. The lowest BCUT2D eigenvalue weighted by molar-refractivity contribution is -0.116. The molecule has 1 fully saturated rings. The minimum absolute atomic E-state index is 0.0989. The highest BCUT2D eigenvalue weighted by Gasteiger charge is 2.16. The van der Waals surface area contributed by atoms with E-state index in [1.165, 1.54) is 16.5 Å². The number of amides is 1. The largest absolute Gasteiger partial charge is 0.494 e. The van der Waals surface area contributed by atoms with Crippen molar-refractivity contribution >= 4 is 28.6 Å². The maximum atomic E-state index is 11.5. The van der Waals surface area contributed by atoms with E-state index in [0.717, 1.165) is 81.0 Å². The van der Waals surface area contributed by atoms with E-state index < -0.39 is 0 Å². The molecular weight excluding hydrogens is 410 g/mol. The van der Waals surface area contributed by atoms with Gasteiger partial charge in [-0.1, -0.05) is 29.8 Å². The van der Waals surface area contributed by atoms with Gasteiger partial charge in [0.2, 0.25) is 5.91 Å². The van der Waals surface area contributed by atoms with Crippen LogP contribution >= 0.6 is 0 Å². The Balaban J connectivity index is 1.02. The Hall–Kier alpha value is -3.18. The lowest BCUT2D eigenvalue weighted by Crippen LogP contribution is -2.31. The summed E-state index contributed by atoms with van der Waals surface area (Å²) in [5.74, 6) is 1.00. The molecule has 5 nitrogen and oxygen atoms in total. The molecule has 1 amide bonds. The van der Waals surface area contributed by atoms with Crippen molar-refractivity contribution < 1.29 is 9.53 Å². The predicted octanol–water partition coefficient (Wildman–Crippen LogP) is 5.46. The zero-order chi connectivity index (χ0) is 22.5. The SMILES string of the molecule is O=C1CCc2cc(OCCCCN3CCC(=Cc4ccc5ccccc5n4)CC3)ccc2N1. The van der Waals surface area contributed by atoms with E-state index in [1.807, 2.05) is 18.2 Å². The molecule has 2 aliphatic rings. The zero-order valence-electron chi connectivity index (χ0n) is 19.1. The molecule has 0 bridgehead atoms. The summed E-state index contributed by atoms with van der Waals surface area (Å²) in [7, 11) is 0. The van der Waals surface area contributed by atoms with Gasteiger partial charge in [-0.05, 0) is 80.6 Å². The second-order valence-electron chi connectivity index (χ2n) is 9.00. The van der Waals surface area contributed by atoms with Crippen molar-refractivity contribution in [3.63, 3.8) is 0 Å². The molecule has 0 atom stereocenters. The number of piperidine rings is 1. The summed E-state index contributed by atoms with van der Waals surface area (Å²) in [5, 5.41) is 4.11. The number of aromatic nitrogens is 1. The number of nitrogens with zero attached hydrogens (tertiary/aromatic N) is 2. The Morgan fingerprint density at radius 3 is 2.76 bits per heavy atom. The maximum absolute atomic E-state index is 11.5. The molecular formula is C28H31N3O2. The molecule has 2 aromatic carbocycles. The number of aryl methyl sites for hydroxylation is 1. The van der Waals surface area contributed by atoms with Crippen molar-refractivity contribution in [1.29, 1.82) is 0 Å². The Bertz CT molecular complexity index is 1160. The number of likely N-dealkylation sites (tertiary alicyclic amines) is 1. The number of benzene rings is 2. The van der Waals surface area contributed by atoms with Crippen LogP contribution in [0.3, 0.4) is 0 Å². The number of pyridine rings is 1.